The SMILES string of the molecule is O=C1COCCN1c1cc2c3nc(nc2cn1)C1(CCOc2c(cccc2C(F)(F)F)CN3)CC1. The normalized spacial score (nSPS) is 19.5. The Morgan fingerprint density at radius 3 is 2.74 bits per heavy atom. The number of carbonyl (C=O) groups is 1. The van der Waals surface area contributed by atoms with Gasteiger partial charge in [-0.1, -0.05) is 12.1 Å². The number of alkyl halides is 3. The molecule has 1 spiro atoms. The fourth-order valence-electron chi connectivity index (χ4n) is 4.68. The van der Waals surface area contributed by atoms with E-state index in [0.29, 0.717) is 53.5 Å². The zero-order chi connectivity index (χ0) is 24.2. The number of halogens is 3. The summed E-state index contributed by atoms with van der Waals surface area (Å²) in [4.78, 5) is 27.9. The number of aromatic nitrogens is 3. The lowest BCUT2D eigenvalue weighted by atomic mass is 10.0. The number of nitrogens with one attached hydrogen (secondary N) is 1. The minimum Gasteiger partial charge on any atom is -0.493 e. The Morgan fingerprint density at radius 1 is 1.11 bits per heavy atom. The van der Waals surface area contributed by atoms with Crippen LogP contribution < -0.4 is 15.0 Å². The molecule has 1 N–H and O–H groups in total. The van der Waals surface area contributed by atoms with E-state index in [9.17, 15) is 18.0 Å². The molecule has 3 aromatic rings. The van der Waals surface area contributed by atoms with Gasteiger partial charge in [-0.2, -0.15) is 13.2 Å². The monoisotopic (exact) mass is 485 g/mol. The van der Waals surface area contributed by atoms with Crippen LogP contribution in [0, 0.1) is 0 Å². The molecule has 0 radical (unpaired) electrons. The van der Waals surface area contributed by atoms with Crippen molar-refractivity contribution in [3.63, 3.8) is 0 Å². The zero-order valence-electron chi connectivity index (χ0n) is 18.7. The molecule has 2 aliphatic heterocycles. The molecule has 0 unspecified atom stereocenters. The summed E-state index contributed by atoms with van der Waals surface area (Å²) in [6, 6.07) is 5.78. The second-order valence-corrected chi connectivity index (χ2v) is 9.08. The largest absolute Gasteiger partial charge is 0.493 e. The first-order valence-corrected chi connectivity index (χ1v) is 11.5. The van der Waals surface area contributed by atoms with Gasteiger partial charge in [-0.05, 0) is 31.4 Å². The Bertz CT molecular complexity index is 1330. The molecule has 4 heterocycles. The molecule has 1 saturated heterocycles. The number of rotatable bonds is 1. The molecule has 3 aliphatic rings. The quantitative estimate of drug-likeness (QED) is 0.560. The highest BCUT2D eigenvalue weighted by atomic mass is 19.4. The van der Waals surface area contributed by atoms with E-state index in [-0.39, 0.29) is 36.8 Å². The van der Waals surface area contributed by atoms with Crippen molar-refractivity contribution in [2.45, 2.75) is 37.4 Å². The Kier molecular flexibility index (Phi) is 5.06. The van der Waals surface area contributed by atoms with E-state index >= 15 is 0 Å². The number of amides is 1. The number of carbonyl (C=O) groups excluding carboxylic acids is 1. The molecule has 182 valence electrons. The Labute approximate surface area is 198 Å². The maximum absolute atomic E-state index is 13.7. The highest BCUT2D eigenvalue weighted by Crippen LogP contribution is 2.51. The van der Waals surface area contributed by atoms with Gasteiger partial charge in [-0.25, -0.2) is 15.0 Å². The molecule has 8 nitrogen and oxygen atoms in total. The number of benzene rings is 1. The summed E-state index contributed by atoms with van der Waals surface area (Å²) in [5.74, 6) is 1.24. The van der Waals surface area contributed by atoms with Crippen LogP contribution in [0.25, 0.3) is 10.9 Å². The number of morpholine rings is 1. The van der Waals surface area contributed by atoms with Crippen LogP contribution in [-0.2, 0) is 27.7 Å². The summed E-state index contributed by atoms with van der Waals surface area (Å²) < 4.78 is 52.1. The Hall–Kier alpha value is -3.47. The lowest BCUT2D eigenvalue weighted by Gasteiger charge is -2.26. The molecule has 1 aromatic carbocycles. The van der Waals surface area contributed by atoms with E-state index in [1.807, 2.05) is 0 Å². The lowest BCUT2D eigenvalue weighted by Crippen LogP contribution is -2.42. The van der Waals surface area contributed by atoms with E-state index in [4.69, 9.17) is 19.4 Å². The van der Waals surface area contributed by atoms with Crippen LogP contribution in [0.15, 0.2) is 30.5 Å². The molecule has 6 rings (SSSR count). The molecule has 0 atom stereocenters. The standard InChI is InChI=1S/C24H22F3N5O3/c25-24(26,27)16-3-1-2-14-11-29-21-15-10-18(32-7-9-34-13-19(32)33)28-12-17(15)30-22(31-21)23(4-5-23)6-8-35-20(14)16/h1-3,10,12H,4-9,11,13H2,(H,29,30,31). The van der Waals surface area contributed by atoms with E-state index in [2.05, 4.69) is 10.3 Å². The number of para-hydroxylation sites is 1. The topological polar surface area (TPSA) is 89.5 Å². The van der Waals surface area contributed by atoms with Crippen molar-refractivity contribution in [1.82, 2.24) is 15.0 Å². The van der Waals surface area contributed by atoms with Crippen LogP contribution in [0.1, 0.15) is 36.2 Å². The van der Waals surface area contributed by atoms with Crippen LogP contribution >= 0.6 is 0 Å². The highest BCUT2D eigenvalue weighted by Gasteiger charge is 2.47. The van der Waals surface area contributed by atoms with Crippen LogP contribution in [0.4, 0.5) is 24.8 Å². The maximum Gasteiger partial charge on any atom is 0.419 e. The first-order chi connectivity index (χ1) is 16.8. The number of anilines is 2. The van der Waals surface area contributed by atoms with Crippen LogP contribution in [0.2, 0.25) is 0 Å². The molecule has 2 bridgehead atoms. The molecule has 1 aliphatic carbocycles. The maximum atomic E-state index is 13.7. The number of fused-ring (bicyclic) bond motifs is 6. The van der Waals surface area contributed by atoms with Gasteiger partial charge in [-0.15, -0.1) is 0 Å². The predicted octanol–water partition coefficient (Wildman–Crippen LogP) is 3.83. The summed E-state index contributed by atoms with van der Waals surface area (Å²) >= 11 is 0. The molecular formula is C24H22F3N5O3. The highest BCUT2D eigenvalue weighted by molar-refractivity contribution is 5.97. The average Bonchev–Trinajstić information content (AvgIpc) is 3.63. The third-order valence-corrected chi connectivity index (χ3v) is 6.83. The van der Waals surface area contributed by atoms with Crippen molar-refractivity contribution in [1.29, 1.82) is 0 Å². The van der Waals surface area contributed by atoms with E-state index in [1.54, 1.807) is 23.2 Å². The number of nitrogens with zero attached hydrogens (tertiary/aromatic N) is 4. The third kappa shape index (κ3) is 3.93. The Morgan fingerprint density at radius 2 is 1.97 bits per heavy atom. The van der Waals surface area contributed by atoms with E-state index < -0.39 is 11.7 Å². The van der Waals surface area contributed by atoms with Crippen molar-refractivity contribution >= 4 is 28.4 Å². The average molecular weight is 485 g/mol. The molecule has 1 amide bonds. The first-order valence-electron chi connectivity index (χ1n) is 11.5. The number of ether oxygens (including phenoxy) is 2. The molecule has 35 heavy (non-hydrogen) atoms. The fourth-order valence-corrected chi connectivity index (χ4v) is 4.68. The van der Waals surface area contributed by atoms with Crippen molar-refractivity contribution in [3.8, 4) is 5.75 Å². The van der Waals surface area contributed by atoms with Gasteiger partial charge >= 0.3 is 6.18 Å². The molecule has 1 saturated carbocycles. The number of hydrogen-bond acceptors (Lipinski definition) is 7. The fraction of sp³-hybridized carbons (Fsp3) is 0.417. The zero-order valence-corrected chi connectivity index (χ0v) is 18.7. The summed E-state index contributed by atoms with van der Waals surface area (Å²) in [6.45, 7) is 0.986. The van der Waals surface area contributed by atoms with E-state index in [1.165, 1.54) is 6.07 Å². The van der Waals surface area contributed by atoms with Gasteiger partial charge in [0.15, 0.2) is 0 Å². The molecular weight excluding hydrogens is 463 g/mol. The van der Waals surface area contributed by atoms with Gasteiger partial charge in [-0.3, -0.25) is 9.69 Å². The third-order valence-electron chi connectivity index (χ3n) is 6.83. The number of pyridine rings is 1. The first kappa shape index (κ1) is 22.0. The molecule has 11 heteroatoms. The van der Waals surface area contributed by atoms with Crippen molar-refractivity contribution in [2.75, 3.05) is 36.6 Å². The van der Waals surface area contributed by atoms with Crippen LogP contribution in [0.3, 0.4) is 0 Å². The van der Waals surface area contributed by atoms with Gasteiger partial charge in [0.25, 0.3) is 5.91 Å². The smallest absolute Gasteiger partial charge is 0.419 e. The van der Waals surface area contributed by atoms with Gasteiger partial charge < -0.3 is 14.8 Å². The van der Waals surface area contributed by atoms with Gasteiger partial charge in [0.05, 0.1) is 37.0 Å². The van der Waals surface area contributed by atoms with Crippen LogP contribution in [-0.4, -0.2) is 47.2 Å². The van der Waals surface area contributed by atoms with Gasteiger partial charge in [0, 0.05) is 22.9 Å². The van der Waals surface area contributed by atoms with Crippen molar-refractivity contribution < 1.29 is 27.4 Å². The van der Waals surface area contributed by atoms with Crippen molar-refractivity contribution in [2.24, 2.45) is 0 Å². The minimum absolute atomic E-state index is 0.0128. The van der Waals surface area contributed by atoms with E-state index in [0.717, 1.165) is 18.9 Å². The summed E-state index contributed by atoms with van der Waals surface area (Å²) in [5, 5.41) is 3.85. The molecule has 2 aromatic heterocycles. The second kappa shape index (κ2) is 8.04. The Balaban J connectivity index is 1.45. The molecule has 2 fully saturated rings. The summed E-state index contributed by atoms with van der Waals surface area (Å²) in [7, 11) is 0. The summed E-state index contributed by atoms with van der Waals surface area (Å²) in [6.07, 6.45) is -0.729. The predicted molar refractivity (Wildman–Crippen MR) is 120 cm³/mol. The van der Waals surface area contributed by atoms with Gasteiger partial charge in [0.2, 0.25) is 0 Å². The van der Waals surface area contributed by atoms with Crippen LogP contribution in [0.5, 0.6) is 5.75 Å². The van der Waals surface area contributed by atoms with Gasteiger partial charge in [0.1, 0.15) is 29.8 Å². The number of hydrogen-bond donors (Lipinski definition) is 1. The lowest BCUT2D eigenvalue weighted by molar-refractivity contribution is -0.139. The van der Waals surface area contributed by atoms with Crippen molar-refractivity contribution in [3.05, 3.63) is 47.4 Å². The summed E-state index contributed by atoms with van der Waals surface area (Å²) in [5.41, 5.74) is -0.128. The minimum atomic E-state index is -4.53. The second-order valence-electron chi connectivity index (χ2n) is 9.08.